The number of nitrogens with zero attached hydrogens (tertiary/aromatic N) is 2. The molecule has 25 heavy (non-hydrogen) atoms. The van der Waals surface area contributed by atoms with Crippen molar-refractivity contribution in [3.8, 4) is 6.07 Å². The number of carbonyl (C=O) groups is 2. The first kappa shape index (κ1) is 17.7. The molecule has 0 heterocycles. The first-order valence-electron chi connectivity index (χ1n) is 7.68. The van der Waals surface area contributed by atoms with Gasteiger partial charge in [0, 0.05) is 24.2 Å². The van der Waals surface area contributed by atoms with E-state index in [2.05, 4.69) is 15.5 Å². The predicted molar refractivity (Wildman–Crippen MR) is 95.0 cm³/mol. The maximum Gasteiger partial charge on any atom is 0.224 e. The summed E-state index contributed by atoms with van der Waals surface area (Å²) in [7, 11) is 0. The smallest absolute Gasteiger partial charge is 0.224 e. The van der Waals surface area contributed by atoms with Crippen molar-refractivity contribution in [1.29, 1.82) is 5.26 Å². The molecule has 0 fully saturated rings. The lowest BCUT2D eigenvalue weighted by atomic mass is 10.2. The average molecular weight is 332 g/mol. The lowest BCUT2D eigenvalue weighted by Crippen LogP contribution is -2.14. The van der Waals surface area contributed by atoms with E-state index in [9.17, 15) is 9.59 Å². The van der Waals surface area contributed by atoms with Crippen LogP contribution in [0.15, 0.2) is 48.5 Å². The number of carbonyl (C=O) groups excluding carboxylic acids is 2. The summed E-state index contributed by atoms with van der Waals surface area (Å²) in [5.41, 5.74) is 2.28. The van der Waals surface area contributed by atoms with Crippen molar-refractivity contribution >= 4 is 28.9 Å². The van der Waals surface area contributed by atoms with Gasteiger partial charge in [0.25, 0.3) is 0 Å². The Kier molecular flexibility index (Phi) is 6.27. The highest BCUT2D eigenvalue weighted by atomic mass is 16.2. The van der Waals surface area contributed by atoms with E-state index < -0.39 is 0 Å². The Morgan fingerprint density at radius 2 is 1.40 bits per heavy atom. The van der Waals surface area contributed by atoms with Gasteiger partial charge < -0.3 is 10.6 Å². The number of anilines is 2. The molecule has 2 N–H and O–H groups in total. The van der Waals surface area contributed by atoms with Gasteiger partial charge in [-0.3, -0.25) is 9.59 Å². The highest BCUT2D eigenvalue weighted by Crippen LogP contribution is 2.16. The Balaban J connectivity index is 1.71. The van der Waals surface area contributed by atoms with Crippen LogP contribution in [-0.2, 0) is 9.59 Å². The third-order valence-corrected chi connectivity index (χ3v) is 3.39. The molecule has 2 aromatic rings. The third kappa shape index (κ3) is 5.81. The first-order chi connectivity index (χ1) is 12.1. The van der Waals surface area contributed by atoms with E-state index in [0.717, 1.165) is 0 Å². The van der Waals surface area contributed by atoms with Crippen LogP contribution >= 0.6 is 0 Å². The fourth-order valence-electron chi connectivity index (χ4n) is 2.10. The van der Waals surface area contributed by atoms with Crippen molar-refractivity contribution in [3.63, 3.8) is 0 Å². The van der Waals surface area contributed by atoms with Gasteiger partial charge >= 0.3 is 0 Å². The standard InChI is InChI=1S/C19H16N4O2/c1-21-15-9-11-17(12-10-15)23-19(25)4-2-3-18(24)22-16-7-5-14(13-20)6-8-16/h5-12H,2-4H2,(H,22,24)(H,23,25). The number of benzene rings is 2. The van der Waals surface area contributed by atoms with Crippen LogP contribution in [0.4, 0.5) is 17.1 Å². The summed E-state index contributed by atoms with van der Waals surface area (Å²) in [6.45, 7) is 6.87. The zero-order valence-corrected chi connectivity index (χ0v) is 13.5. The quantitative estimate of drug-likeness (QED) is 0.788. The third-order valence-electron chi connectivity index (χ3n) is 3.39. The largest absolute Gasteiger partial charge is 0.326 e. The van der Waals surface area contributed by atoms with Crippen LogP contribution in [0.3, 0.4) is 0 Å². The predicted octanol–water partition coefficient (Wildman–Crippen LogP) is 3.86. The van der Waals surface area contributed by atoms with Gasteiger partial charge in [0.15, 0.2) is 5.69 Å². The second kappa shape index (κ2) is 8.85. The maximum absolute atomic E-state index is 11.8. The van der Waals surface area contributed by atoms with Gasteiger partial charge in [-0.2, -0.15) is 5.26 Å². The highest BCUT2D eigenvalue weighted by Gasteiger charge is 2.06. The lowest BCUT2D eigenvalue weighted by molar-refractivity contribution is -0.117. The molecular weight excluding hydrogens is 316 g/mol. The van der Waals surface area contributed by atoms with E-state index in [4.69, 9.17) is 11.8 Å². The molecule has 2 amide bonds. The minimum atomic E-state index is -0.182. The Bertz CT molecular complexity index is 756. The molecule has 0 aliphatic carbocycles. The van der Waals surface area contributed by atoms with E-state index >= 15 is 0 Å². The topological polar surface area (TPSA) is 86.3 Å². The number of rotatable bonds is 6. The maximum atomic E-state index is 11.8. The first-order valence-corrected chi connectivity index (χ1v) is 7.68. The number of nitriles is 1. The van der Waals surface area contributed by atoms with Crippen molar-refractivity contribution < 1.29 is 9.59 Å². The molecule has 124 valence electrons. The minimum Gasteiger partial charge on any atom is -0.326 e. The van der Waals surface area contributed by atoms with E-state index in [0.29, 0.717) is 29.0 Å². The summed E-state index contributed by atoms with van der Waals surface area (Å²) in [6, 6.07) is 15.2. The Morgan fingerprint density at radius 1 is 0.920 bits per heavy atom. The van der Waals surface area contributed by atoms with Crippen LogP contribution in [0.1, 0.15) is 24.8 Å². The zero-order chi connectivity index (χ0) is 18.1. The van der Waals surface area contributed by atoms with Gasteiger partial charge in [-0.05, 0) is 42.8 Å². The monoisotopic (exact) mass is 332 g/mol. The number of amides is 2. The Hall–Kier alpha value is -3.64. The fourth-order valence-corrected chi connectivity index (χ4v) is 2.10. The molecule has 2 rings (SSSR count). The van der Waals surface area contributed by atoms with Crippen molar-refractivity contribution in [2.75, 3.05) is 10.6 Å². The molecule has 0 aliphatic heterocycles. The van der Waals surface area contributed by atoms with Crippen molar-refractivity contribution in [2.45, 2.75) is 19.3 Å². The summed E-state index contributed by atoms with van der Waals surface area (Å²) < 4.78 is 0. The fraction of sp³-hybridized carbons (Fsp3) is 0.158. The van der Waals surface area contributed by atoms with Crippen molar-refractivity contribution in [2.24, 2.45) is 0 Å². The van der Waals surface area contributed by atoms with E-state index in [1.807, 2.05) is 6.07 Å². The van der Waals surface area contributed by atoms with Gasteiger partial charge in [-0.1, -0.05) is 12.1 Å². The van der Waals surface area contributed by atoms with Crippen LogP contribution in [0.5, 0.6) is 0 Å². The van der Waals surface area contributed by atoms with E-state index in [-0.39, 0.29) is 24.7 Å². The molecule has 0 saturated heterocycles. The van der Waals surface area contributed by atoms with Gasteiger partial charge in [0.05, 0.1) is 18.2 Å². The molecule has 0 spiro atoms. The molecule has 6 heteroatoms. The highest BCUT2D eigenvalue weighted by molar-refractivity contribution is 5.93. The second-order valence-electron chi connectivity index (χ2n) is 5.30. The van der Waals surface area contributed by atoms with Crippen LogP contribution in [0.2, 0.25) is 0 Å². The Morgan fingerprint density at radius 3 is 1.84 bits per heavy atom. The minimum absolute atomic E-state index is 0.179. The van der Waals surface area contributed by atoms with Crippen LogP contribution in [0.25, 0.3) is 4.85 Å². The van der Waals surface area contributed by atoms with E-state index in [1.54, 1.807) is 48.5 Å². The summed E-state index contributed by atoms with van der Waals surface area (Å²) in [4.78, 5) is 27.0. The second-order valence-corrected chi connectivity index (χ2v) is 5.30. The van der Waals surface area contributed by atoms with Crippen LogP contribution in [-0.4, -0.2) is 11.8 Å². The zero-order valence-electron chi connectivity index (χ0n) is 13.5. The van der Waals surface area contributed by atoms with Crippen LogP contribution < -0.4 is 10.6 Å². The molecule has 0 aliphatic rings. The van der Waals surface area contributed by atoms with Gasteiger partial charge in [-0.25, -0.2) is 4.85 Å². The normalized spacial score (nSPS) is 9.52. The van der Waals surface area contributed by atoms with Crippen molar-refractivity contribution in [1.82, 2.24) is 0 Å². The molecule has 6 nitrogen and oxygen atoms in total. The average Bonchev–Trinajstić information content (AvgIpc) is 2.63. The number of hydrogen-bond acceptors (Lipinski definition) is 3. The molecule has 0 unspecified atom stereocenters. The molecule has 0 aromatic heterocycles. The molecule has 0 atom stereocenters. The lowest BCUT2D eigenvalue weighted by Gasteiger charge is -2.06. The summed E-state index contributed by atoms with van der Waals surface area (Å²) in [6.07, 6.45) is 0.878. The molecule has 0 bridgehead atoms. The number of hydrogen-bond donors (Lipinski definition) is 2. The van der Waals surface area contributed by atoms with E-state index in [1.165, 1.54) is 0 Å². The molecular formula is C19H16N4O2. The molecule has 2 aromatic carbocycles. The van der Waals surface area contributed by atoms with Gasteiger partial charge in [0.1, 0.15) is 0 Å². The summed E-state index contributed by atoms with van der Waals surface area (Å²) in [5.74, 6) is -0.361. The number of nitrogens with one attached hydrogen (secondary N) is 2. The summed E-state index contributed by atoms with van der Waals surface area (Å²) >= 11 is 0. The van der Waals surface area contributed by atoms with Gasteiger partial charge in [-0.15, -0.1) is 0 Å². The Labute approximate surface area is 145 Å². The molecule has 0 saturated carbocycles. The SMILES string of the molecule is [C-]#[N+]c1ccc(NC(=O)CCCC(=O)Nc2ccc(C#N)cc2)cc1. The van der Waals surface area contributed by atoms with Crippen molar-refractivity contribution in [3.05, 3.63) is 65.5 Å². The van der Waals surface area contributed by atoms with Crippen LogP contribution in [0, 0.1) is 17.9 Å². The van der Waals surface area contributed by atoms with Gasteiger partial charge in [0.2, 0.25) is 11.8 Å². The molecule has 0 radical (unpaired) electrons. The summed E-state index contributed by atoms with van der Waals surface area (Å²) in [5, 5.41) is 14.2.